The molecule has 1 rings (SSSR count). The van der Waals surface area contributed by atoms with Gasteiger partial charge in [-0.05, 0) is 19.1 Å². The fourth-order valence-corrected chi connectivity index (χ4v) is 2.00. The summed E-state index contributed by atoms with van der Waals surface area (Å²) >= 11 is 0. The van der Waals surface area contributed by atoms with Crippen molar-refractivity contribution < 1.29 is 23.8 Å². The van der Waals surface area contributed by atoms with E-state index in [-0.39, 0.29) is 24.8 Å². The Hall–Kier alpha value is -2.50. The highest BCUT2D eigenvalue weighted by atomic mass is 16.5. The van der Waals surface area contributed by atoms with Gasteiger partial charge in [0.05, 0.1) is 27.2 Å². The van der Waals surface area contributed by atoms with Crippen LogP contribution in [0.25, 0.3) is 0 Å². The molecule has 0 N–H and O–H groups in total. The number of benzene rings is 1. The van der Waals surface area contributed by atoms with Gasteiger partial charge in [0.2, 0.25) is 0 Å². The highest BCUT2D eigenvalue weighted by Crippen LogP contribution is 2.23. The zero-order valence-electron chi connectivity index (χ0n) is 13.8. The van der Waals surface area contributed by atoms with Crippen molar-refractivity contribution in [2.24, 2.45) is 0 Å². The molecule has 0 aliphatic carbocycles. The van der Waals surface area contributed by atoms with Crippen LogP contribution in [0.5, 0.6) is 11.5 Å². The number of carbonyl (C=O) groups excluding carboxylic acids is 2. The molecule has 0 aliphatic rings. The Morgan fingerprint density at radius 2 is 1.78 bits per heavy atom. The maximum absolute atomic E-state index is 12.7. The number of ether oxygens (including phenoxy) is 3. The van der Waals surface area contributed by atoms with Crippen molar-refractivity contribution in [3.05, 3.63) is 36.4 Å². The number of hydrogen-bond donors (Lipinski definition) is 0. The van der Waals surface area contributed by atoms with Gasteiger partial charge in [-0.15, -0.1) is 6.58 Å². The van der Waals surface area contributed by atoms with Gasteiger partial charge >= 0.3 is 5.97 Å². The average Bonchev–Trinajstić information content (AvgIpc) is 2.57. The third kappa shape index (κ3) is 5.65. The maximum Gasteiger partial charge on any atom is 0.307 e. The summed E-state index contributed by atoms with van der Waals surface area (Å²) in [7, 11) is 3.04. The Labute approximate surface area is 136 Å². The SMILES string of the molecule is C=CCN(CCC(=O)OCC)C(=O)c1cc(OC)cc(OC)c1. The molecule has 6 nitrogen and oxygen atoms in total. The van der Waals surface area contributed by atoms with Crippen molar-refractivity contribution in [3.8, 4) is 11.5 Å². The molecule has 0 radical (unpaired) electrons. The molecule has 1 aromatic carbocycles. The second kappa shape index (κ2) is 9.50. The van der Waals surface area contributed by atoms with Gasteiger partial charge < -0.3 is 19.1 Å². The van der Waals surface area contributed by atoms with Crippen molar-refractivity contribution >= 4 is 11.9 Å². The summed E-state index contributed by atoms with van der Waals surface area (Å²) < 4.78 is 15.2. The molecular weight excluding hydrogens is 298 g/mol. The first-order valence-electron chi connectivity index (χ1n) is 7.34. The Morgan fingerprint density at radius 3 is 2.26 bits per heavy atom. The summed E-state index contributed by atoms with van der Waals surface area (Å²) in [6.45, 7) is 6.30. The van der Waals surface area contributed by atoms with Crippen LogP contribution in [0.4, 0.5) is 0 Å². The van der Waals surface area contributed by atoms with Gasteiger partial charge in [0.15, 0.2) is 0 Å². The van der Waals surface area contributed by atoms with Crippen LogP contribution in [0.3, 0.4) is 0 Å². The van der Waals surface area contributed by atoms with Crippen molar-refractivity contribution in [1.29, 1.82) is 0 Å². The van der Waals surface area contributed by atoms with Crippen molar-refractivity contribution in [2.45, 2.75) is 13.3 Å². The normalized spacial score (nSPS) is 9.87. The molecule has 0 fully saturated rings. The molecule has 0 saturated heterocycles. The van der Waals surface area contributed by atoms with E-state index < -0.39 is 0 Å². The van der Waals surface area contributed by atoms with E-state index >= 15 is 0 Å². The smallest absolute Gasteiger partial charge is 0.307 e. The van der Waals surface area contributed by atoms with Crippen molar-refractivity contribution in [3.63, 3.8) is 0 Å². The zero-order valence-corrected chi connectivity index (χ0v) is 13.8. The lowest BCUT2D eigenvalue weighted by molar-refractivity contribution is -0.143. The Kier molecular flexibility index (Phi) is 7.66. The van der Waals surface area contributed by atoms with Crippen LogP contribution in [0.2, 0.25) is 0 Å². The number of hydrogen-bond acceptors (Lipinski definition) is 5. The lowest BCUT2D eigenvalue weighted by atomic mass is 10.1. The molecule has 126 valence electrons. The Balaban J connectivity index is 2.92. The molecule has 0 aliphatic heterocycles. The third-order valence-electron chi connectivity index (χ3n) is 3.13. The van der Waals surface area contributed by atoms with Crippen LogP contribution in [0.1, 0.15) is 23.7 Å². The number of carbonyl (C=O) groups is 2. The molecule has 0 heterocycles. The van der Waals surface area contributed by atoms with Gasteiger partial charge in [-0.2, -0.15) is 0 Å². The van der Waals surface area contributed by atoms with Crippen LogP contribution in [-0.2, 0) is 9.53 Å². The molecule has 0 bridgehead atoms. The van der Waals surface area contributed by atoms with Gasteiger partial charge in [-0.3, -0.25) is 9.59 Å². The van der Waals surface area contributed by atoms with Gasteiger partial charge in [0, 0.05) is 24.7 Å². The molecule has 0 spiro atoms. The first kappa shape index (κ1) is 18.5. The Bertz CT molecular complexity index is 534. The number of amides is 1. The first-order chi connectivity index (χ1) is 11.0. The largest absolute Gasteiger partial charge is 0.497 e. The van der Waals surface area contributed by atoms with Crippen LogP contribution in [-0.4, -0.2) is 50.7 Å². The van der Waals surface area contributed by atoms with Gasteiger partial charge in [-0.25, -0.2) is 0 Å². The molecular formula is C17H23NO5. The molecule has 0 unspecified atom stereocenters. The highest BCUT2D eigenvalue weighted by Gasteiger charge is 2.18. The predicted octanol–water partition coefficient (Wildman–Crippen LogP) is 2.29. The van der Waals surface area contributed by atoms with Crippen LogP contribution in [0, 0.1) is 0 Å². The topological polar surface area (TPSA) is 65.1 Å². The molecule has 6 heteroatoms. The van der Waals surface area contributed by atoms with E-state index in [1.807, 2.05) is 0 Å². The van der Waals surface area contributed by atoms with E-state index in [0.29, 0.717) is 30.2 Å². The van der Waals surface area contributed by atoms with E-state index in [9.17, 15) is 9.59 Å². The first-order valence-corrected chi connectivity index (χ1v) is 7.34. The van der Waals surface area contributed by atoms with E-state index in [2.05, 4.69) is 6.58 Å². The minimum absolute atomic E-state index is 0.133. The van der Waals surface area contributed by atoms with Crippen LogP contribution < -0.4 is 9.47 Å². The number of methoxy groups -OCH3 is 2. The zero-order chi connectivity index (χ0) is 17.2. The second-order valence-corrected chi connectivity index (χ2v) is 4.70. The molecule has 1 aromatic rings. The lowest BCUT2D eigenvalue weighted by Gasteiger charge is -2.21. The summed E-state index contributed by atoms with van der Waals surface area (Å²) in [6, 6.07) is 4.95. The molecule has 0 atom stereocenters. The Morgan fingerprint density at radius 1 is 1.17 bits per heavy atom. The summed E-state index contributed by atoms with van der Waals surface area (Å²) in [4.78, 5) is 25.7. The summed E-state index contributed by atoms with van der Waals surface area (Å²) in [5, 5.41) is 0. The van der Waals surface area contributed by atoms with E-state index in [1.54, 1.807) is 31.2 Å². The van der Waals surface area contributed by atoms with E-state index in [1.165, 1.54) is 19.1 Å². The molecule has 23 heavy (non-hydrogen) atoms. The third-order valence-corrected chi connectivity index (χ3v) is 3.13. The molecule has 0 saturated carbocycles. The quantitative estimate of drug-likeness (QED) is 0.516. The minimum Gasteiger partial charge on any atom is -0.497 e. The summed E-state index contributed by atoms with van der Waals surface area (Å²) in [6.07, 6.45) is 1.75. The monoisotopic (exact) mass is 321 g/mol. The number of esters is 1. The fourth-order valence-electron chi connectivity index (χ4n) is 2.00. The lowest BCUT2D eigenvalue weighted by Crippen LogP contribution is -2.33. The predicted molar refractivity (Wildman–Crippen MR) is 86.9 cm³/mol. The van der Waals surface area contributed by atoms with Crippen molar-refractivity contribution in [1.82, 2.24) is 4.90 Å². The van der Waals surface area contributed by atoms with Crippen molar-refractivity contribution in [2.75, 3.05) is 33.9 Å². The van der Waals surface area contributed by atoms with E-state index in [0.717, 1.165) is 0 Å². The minimum atomic E-state index is -0.336. The molecule has 0 aromatic heterocycles. The molecule has 1 amide bonds. The van der Waals surface area contributed by atoms with E-state index in [4.69, 9.17) is 14.2 Å². The fraction of sp³-hybridized carbons (Fsp3) is 0.412. The van der Waals surface area contributed by atoms with Gasteiger partial charge in [-0.1, -0.05) is 6.08 Å². The highest BCUT2D eigenvalue weighted by molar-refractivity contribution is 5.95. The van der Waals surface area contributed by atoms with Crippen LogP contribution >= 0.6 is 0 Å². The second-order valence-electron chi connectivity index (χ2n) is 4.70. The van der Waals surface area contributed by atoms with Gasteiger partial charge in [0.1, 0.15) is 11.5 Å². The summed E-state index contributed by atoms with van der Waals surface area (Å²) in [5.41, 5.74) is 0.423. The number of nitrogens with zero attached hydrogens (tertiary/aromatic N) is 1. The van der Waals surface area contributed by atoms with Gasteiger partial charge in [0.25, 0.3) is 5.91 Å². The summed E-state index contributed by atoms with van der Waals surface area (Å²) in [5.74, 6) is 0.484. The van der Waals surface area contributed by atoms with Crippen LogP contribution in [0.15, 0.2) is 30.9 Å². The number of rotatable bonds is 9. The standard InChI is InChI=1S/C17H23NO5/c1-5-8-18(9-7-16(19)23-6-2)17(20)13-10-14(21-3)12-15(11-13)22-4/h5,10-12H,1,6-9H2,2-4H3. The average molecular weight is 321 g/mol. The maximum atomic E-state index is 12.7.